The third kappa shape index (κ3) is 1.50. The summed E-state index contributed by atoms with van der Waals surface area (Å²) in [6, 6.07) is 0. The van der Waals surface area contributed by atoms with Gasteiger partial charge >= 0.3 is 0 Å². The predicted octanol–water partition coefficient (Wildman–Crippen LogP) is 2.40. The fraction of sp³-hybridized carbons (Fsp3) is 0.857. The van der Waals surface area contributed by atoms with Crippen molar-refractivity contribution in [1.82, 2.24) is 0 Å². The van der Waals surface area contributed by atoms with Crippen molar-refractivity contribution in [3.8, 4) is 0 Å². The minimum Gasteiger partial charge on any atom is -0.0533 e. The van der Waals surface area contributed by atoms with Crippen molar-refractivity contribution in [2.75, 3.05) is 0 Å². The summed E-state index contributed by atoms with van der Waals surface area (Å²) < 4.78 is 6.97. The number of hydrogen-bond acceptors (Lipinski definition) is 0. The zero-order valence-corrected chi connectivity index (χ0v) is 4.69. The van der Waals surface area contributed by atoms with Crippen molar-refractivity contribution in [1.29, 1.82) is 0 Å². The molecule has 0 heterocycles. The zero-order chi connectivity index (χ0) is 5.82. The lowest BCUT2D eigenvalue weighted by Crippen LogP contribution is -2.00. The lowest BCUT2D eigenvalue weighted by molar-refractivity contribution is 0.417. The van der Waals surface area contributed by atoms with Gasteiger partial charge in [0.1, 0.15) is 0 Å². The van der Waals surface area contributed by atoms with Gasteiger partial charge in [-0.1, -0.05) is 39.0 Å². The molecule has 7 heavy (non-hydrogen) atoms. The molecular formula is C7H13. The van der Waals surface area contributed by atoms with Gasteiger partial charge in [0, 0.05) is 1.37 Å². The van der Waals surface area contributed by atoms with Gasteiger partial charge < -0.3 is 0 Å². The molecule has 0 N–H and O–H groups in total. The maximum Gasteiger partial charge on any atom is 0.0269 e. The summed E-state index contributed by atoms with van der Waals surface area (Å²) >= 11 is 0. The van der Waals surface area contributed by atoms with E-state index in [1.54, 1.807) is 6.90 Å². The van der Waals surface area contributed by atoms with E-state index in [0.717, 1.165) is 0 Å². The van der Waals surface area contributed by atoms with Crippen LogP contribution >= 0.6 is 0 Å². The standard InChI is InChI=1S/C7H13/c1-7-5-3-2-4-6-7/h7H,1-6H2/i1D. The van der Waals surface area contributed by atoms with Gasteiger partial charge in [0.15, 0.2) is 0 Å². The molecule has 0 saturated heterocycles. The third-order valence-corrected chi connectivity index (χ3v) is 1.65. The highest BCUT2D eigenvalue weighted by Crippen LogP contribution is 2.21. The molecule has 1 fully saturated rings. The summed E-state index contributed by atoms with van der Waals surface area (Å²) in [4.78, 5) is 0. The average Bonchev–Trinajstić information content (AvgIpc) is 1.90. The molecule has 0 unspecified atom stereocenters. The van der Waals surface area contributed by atoms with Crippen molar-refractivity contribution in [3.63, 3.8) is 0 Å². The van der Waals surface area contributed by atoms with Gasteiger partial charge in [-0.05, 0) is 5.92 Å². The number of hydrogen-bond donors (Lipinski definition) is 0. The molecule has 0 nitrogen and oxygen atoms in total. The van der Waals surface area contributed by atoms with E-state index in [9.17, 15) is 0 Å². The van der Waals surface area contributed by atoms with Crippen LogP contribution < -0.4 is 0 Å². The van der Waals surface area contributed by atoms with Crippen LogP contribution in [-0.2, 0) is 0 Å². The SMILES string of the molecule is [2H][CH]C1CCCCC1. The smallest absolute Gasteiger partial charge is 0.0269 e. The molecule has 0 spiro atoms. The lowest BCUT2D eigenvalue weighted by Gasteiger charge is -2.15. The molecule has 1 aliphatic rings. The largest absolute Gasteiger partial charge is 0.0533 e. The molecule has 0 aromatic carbocycles. The van der Waals surface area contributed by atoms with E-state index in [4.69, 9.17) is 1.37 Å². The van der Waals surface area contributed by atoms with E-state index in [2.05, 4.69) is 0 Å². The molecule has 1 radical (unpaired) electrons. The van der Waals surface area contributed by atoms with Gasteiger partial charge in [-0.3, -0.25) is 0 Å². The molecule has 0 aromatic rings. The maximum absolute atomic E-state index is 6.97. The Bertz CT molecular complexity index is 55.4. The second kappa shape index (κ2) is 2.34. The van der Waals surface area contributed by atoms with Crippen LogP contribution in [0, 0.1) is 12.8 Å². The summed E-state index contributed by atoms with van der Waals surface area (Å²) in [5, 5.41) is 0. The summed E-state index contributed by atoms with van der Waals surface area (Å²) in [5.74, 6) is 0.628. The summed E-state index contributed by atoms with van der Waals surface area (Å²) in [5.41, 5.74) is 0. The highest BCUT2D eigenvalue weighted by Gasteiger charge is 2.06. The fourth-order valence-electron chi connectivity index (χ4n) is 1.13. The van der Waals surface area contributed by atoms with Gasteiger partial charge in [-0.15, -0.1) is 0 Å². The van der Waals surface area contributed by atoms with Gasteiger partial charge in [-0.25, -0.2) is 0 Å². The Labute approximate surface area is 47.3 Å². The summed E-state index contributed by atoms with van der Waals surface area (Å²) in [6.07, 6.45) is 6.62. The second-order valence-electron chi connectivity index (χ2n) is 2.40. The molecule has 0 bridgehead atoms. The van der Waals surface area contributed by atoms with Crippen LogP contribution in [0.5, 0.6) is 0 Å². The summed E-state index contributed by atoms with van der Waals surface area (Å²) in [7, 11) is 0. The van der Waals surface area contributed by atoms with E-state index in [0.29, 0.717) is 5.92 Å². The third-order valence-electron chi connectivity index (χ3n) is 1.65. The molecule has 41 valence electrons. The van der Waals surface area contributed by atoms with Crippen molar-refractivity contribution >= 4 is 0 Å². The second-order valence-corrected chi connectivity index (χ2v) is 2.40. The van der Waals surface area contributed by atoms with Gasteiger partial charge in [0.2, 0.25) is 0 Å². The van der Waals surface area contributed by atoms with E-state index in [1.807, 2.05) is 0 Å². The highest BCUT2D eigenvalue weighted by molar-refractivity contribution is 4.65. The van der Waals surface area contributed by atoms with Crippen LogP contribution in [-0.4, -0.2) is 0 Å². The van der Waals surface area contributed by atoms with Crippen LogP contribution in [0.2, 0.25) is 0 Å². The average molecular weight is 98.2 g/mol. The van der Waals surface area contributed by atoms with Crippen molar-refractivity contribution in [3.05, 3.63) is 6.90 Å². The van der Waals surface area contributed by atoms with Crippen LogP contribution in [0.3, 0.4) is 0 Å². The van der Waals surface area contributed by atoms with Gasteiger partial charge in [0.25, 0.3) is 0 Å². The first-order valence-corrected chi connectivity index (χ1v) is 3.15. The minimum absolute atomic E-state index is 0.628. The first-order valence-electron chi connectivity index (χ1n) is 3.73. The Morgan fingerprint density at radius 3 is 2.43 bits per heavy atom. The first kappa shape index (κ1) is 3.94. The molecular weight excluding hydrogens is 84.1 g/mol. The predicted molar refractivity (Wildman–Crippen MR) is 31.9 cm³/mol. The van der Waals surface area contributed by atoms with Gasteiger partial charge in [0.05, 0.1) is 0 Å². The molecule has 1 saturated carbocycles. The van der Waals surface area contributed by atoms with Gasteiger partial charge in [-0.2, -0.15) is 0 Å². The molecule has 1 rings (SSSR count). The molecule has 0 aromatic heterocycles. The molecule has 1 aliphatic carbocycles. The minimum atomic E-state index is 0.628. The van der Waals surface area contributed by atoms with E-state index >= 15 is 0 Å². The Morgan fingerprint density at radius 2 is 2.00 bits per heavy atom. The molecule has 0 atom stereocenters. The fourth-order valence-corrected chi connectivity index (χ4v) is 1.13. The van der Waals surface area contributed by atoms with Crippen molar-refractivity contribution in [2.24, 2.45) is 5.92 Å². The quantitative estimate of drug-likeness (QED) is 0.472. The lowest BCUT2D eigenvalue weighted by atomic mass is 9.91. The van der Waals surface area contributed by atoms with Crippen molar-refractivity contribution in [2.45, 2.75) is 32.1 Å². The topological polar surface area (TPSA) is 0 Å². The van der Waals surface area contributed by atoms with Crippen LogP contribution in [0.25, 0.3) is 0 Å². The van der Waals surface area contributed by atoms with E-state index < -0.39 is 0 Å². The Kier molecular flexibility index (Phi) is 1.32. The molecule has 0 amide bonds. The Balaban J connectivity index is 2.13. The van der Waals surface area contributed by atoms with Crippen LogP contribution in [0.15, 0.2) is 0 Å². The van der Waals surface area contributed by atoms with Crippen LogP contribution in [0.1, 0.15) is 33.5 Å². The zero-order valence-electron chi connectivity index (χ0n) is 5.69. The van der Waals surface area contributed by atoms with E-state index in [-0.39, 0.29) is 0 Å². The summed E-state index contributed by atoms with van der Waals surface area (Å²) in [6.45, 7) is 1.61. The monoisotopic (exact) mass is 98.1 g/mol. The maximum atomic E-state index is 6.97. The highest BCUT2D eigenvalue weighted by atomic mass is 14.1. The Morgan fingerprint density at radius 1 is 1.29 bits per heavy atom. The van der Waals surface area contributed by atoms with Crippen molar-refractivity contribution < 1.29 is 1.37 Å². The molecule has 0 aliphatic heterocycles. The van der Waals surface area contributed by atoms with Crippen LogP contribution in [0.4, 0.5) is 0 Å². The number of rotatable bonds is 1. The van der Waals surface area contributed by atoms with E-state index in [1.165, 1.54) is 32.1 Å². The normalized spacial score (nSPS) is 27.1. The Hall–Kier alpha value is 0. The molecule has 0 heteroatoms. The first-order chi connectivity index (χ1) is 3.93.